The summed E-state index contributed by atoms with van der Waals surface area (Å²) in [5.41, 5.74) is 1.59. The Labute approximate surface area is 113 Å². The first-order valence-electron chi connectivity index (χ1n) is 5.15. The molecule has 88 valence electrons. The van der Waals surface area contributed by atoms with Crippen LogP contribution in [0.2, 0.25) is 5.02 Å². The maximum Gasteiger partial charge on any atom is 0.127 e. The molecule has 0 saturated carbocycles. The highest BCUT2D eigenvalue weighted by atomic mass is 79.9. The van der Waals surface area contributed by atoms with E-state index in [1.165, 1.54) is 6.07 Å². The average molecular weight is 315 g/mol. The maximum absolute atomic E-state index is 13.6. The van der Waals surface area contributed by atoms with Crippen molar-refractivity contribution in [1.29, 1.82) is 0 Å². The molecule has 0 fully saturated rings. The van der Waals surface area contributed by atoms with E-state index in [2.05, 4.69) is 20.9 Å². The van der Waals surface area contributed by atoms with E-state index in [0.29, 0.717) is 17.0 Å². The lowest BCUT2D eigenvalue weighted by atomic mass is 10.0. The summed E-state index contributed by atoms with van der Waals surface area (Å²) in [6.07, 6.45) is 3.91. The molecule has 0 N–H and O–H groups in total. The smallest absolute Gasteiger partial charge is 0.127 e. The predicted octanol–water partition coefficient (Wildman–Crippen LogP) is 4.55. The number of halogens is 3. The largest absolute Gasteiger partial charge is 0.263 e. The SMILES string of the molecule is Fc1ccccc1C(Br)Cc1ccncc1Cl. The van der Waals surface area contributed by atoms with Gasteiger partial charge >= 0.3 is 0 Å². The second kappa shape index (κ2) is 5.61. The second-order valence-corrected chi connectivity index (χ2v) is 5.17. The quantitative estimate of drug-likeness (QED) is 0.757. The molecule has 0 bridgehead atoms. The highest BCUT2D eigenvalue weighted by Crippen LogP contribution is 2.30. The van der Waals surface area contributed by atoms with Crippen LogP contribution in [0.1, 0.15) is 16.0 Å². The summed E-state index contributed by atoms with van der Waals surface area (Å²) in [7, 11) is 0. The molecule has 1 atom stereocenters. The Balaban J connectivity index is 2.20. The summed E-state index contributed by atoms with van der Waals surface area (Å²) in [6.45, 7) is 0. The fourth-order valence-corrected chi connectivity index (χ4v) is 2.52. The lowest BCUT2D eigenvalue weighted by molar-refractivity contribution is 0.608. The van der Waals surface area contributed by atoms with Crippen LogP contribution in [0.5, 0.6) is 0 Å². The van der Waals surface area contributed by atoms with E-state index < -0.39 is 0 Å². The molecule has 0 saturated heterocycles. The van der Waals surface area contributed by atoms with Gasteiger partial charge in [-0.3, -0.25) is 4.98 Å². The summed E-state index contributed by atoms with van der Waals surface area (Å²) < 4.78 is 13.6. The van der Waals surface area contributed by atoms with Gasteiger partial charge in [0.15, 0.2) is 0 Å². The fourth-order valence-electron chi connectivity index (χ4n) is 1.60. The highest BCUT2D eigenvalue weighted by molar-refractivity contribution is 9.09. The van der Waals surface area contributed by atoms with Gasteiger partial charge in [0, 0.05) is 22.8 Å². The molecule has 2 aromatic rings. The van der Waals surface area contributed by atoms with Crippen LogP contribution >= 0.6 is 27.5 Å². The Morgan fingerprint density at radius 1 is 1.29 bits per heavy atom. The lowest BCUT2D eigenvalue weighted by Gasteiger charge is -2.12. The number of hydrogen-bond donors (Lipinski definition) is 0. The molecule has 0 spiro atoms. The van der Waals surface area contributed by atoms with Crippen molar-refractivity contribution in [3.63, 3.8) is 0 Å². The molecule has 1 aromatic carbocycles. The number of pyridine rings is 1. The molecular weight excluding hydrogens is 305 g/mol. The van der Waals surface area contributed by atoms with Crippen molar-refractivity contribution in [2.45, 2.75) is 11.2 Å². The molecule has 0 aliphatic heterocycles. The van der Waals surface area contributed by atoms with Crippen LogP contribution in [0.15, 0.2) is 42.7 Å². The minimum Gasteiger partial charge on any atom is -0.263 e. The van der Waals surface area contributed by atoms with Crippen molar-refractivity contribution >= 4 is 27.5 Å². The fraction of sp³-hybridized carbons (Fsp3) is 0.154. The third kappa shape index (κ3) is 3.05. The van der Waals surface area contributed by atoms with E-state index in [0.717, 1.165) is 5.56 Å². The first kappa shape index (κ1) is 12.5. The number of aromatic nitrogens is 1. The van der Waals surface area contributed by atoms with Crippen molar-refractivity contribution in [1.82, 2.24) is 4.98 Å². The molecule has 17 heavy (non-hydrogen) atoms. The highest BCUT2D eigenvalue weighted by Gasteiger charge is 2.14. The number of rotatable bonds is 3. The standard InChI is InChI=1S/C13H10BrClFN/c14-11(10-3-1-2-4-13(10)16)7-9-5-6-17-8-12(9)15/h1-6,8,11H,7H2. The van der Waals surface area contributed by atoms with Crippen LogP contribution in [-0.4, -0.2) is 4.98 Å². The average Bonchev–Trinajstić information content (AvgIpc) is 2.32. The van der Waals surface area contributed by atoms with Gasteiger partial charge in [0.05, 0.1) is 5.02 Å². The van der Waals surface area contributed by atoms with Gasteiger partial charge in [-0.15, -0.1) is 0 Å². The third-order valence-electron chi connectivity index (χ3n) is 2.50. The van der Waals surface area contributed by atoms with Gasteiger partial charge in [0.25, 0.3) is 0 Å². The van der Waals surface area contributed by atoms with Crippen molar-refractivity contribution in [2.75, 3.05) is 0 Å². The van der Waals surface area contributed by atoms with Crippen molar-refractivity contribution < 1.29 is 4.39 Å². The lowest BCUT2D eigenvalue weighted by Crippen LogP contribution is -1.99. The topological polar surface area (TPSA) is 12.9 Å². The predicted molar refractivity (Wildman–Crippen MR) is 71.0 cm³/mol. The maximum atomic E-state index is 13.6. The number of nitrogens with zero attached hydrogens (tertiary/aromatic N) is 1. The Morgan fingerprint density at radius 2 is 2.06 bits per heavy atom. The molecule has 0 amide bonds. The molecule has 1 aromatic heterocycles. The van der Waals surface area contributed by atoms with Crippen molar-refractivity contribution in [3.8, 4) is 0 Å². The van der Waals surface area contributed by atoms with Gasteiger partial charge in [-0.1, -0.05) is 45.7 Å². The molecular formula is C13H10BrClFN. The zero-order valence-corrected chi connectivity index (χ0v) is 11.2. The van der Waals surface area contributed by atoms with Gasteiger partial charge in [0.2, 0.25) is 0 Å². The Morgan fingerprint density at radius 3 is 2.76 bits per heavy atom. The number of alkyl halides is 1. The first-order valence-corrected chi connectivity index (χ1v) is 6.44. The summed E-state index contributed by atoms with van der Waals surface area (Å²) in [5.74, 6) is -0.209. The van der Waals surface area contributed by atoms with Crippen LogP contribution < -0.4 is 0 Å². The van der Waals surface area contributed by atoms with E-state index >= 15 is 0 Å². The molecule has 1 nitrogen and oxygen atoms in total. The summed E-state index contributed by atoms with van der Waals surface area (Å²) in [4.78, 5) is 3.83. The van der Waals surface area contributed by atoms with E-state index in [9.17, 15) is 4.39 Å². The summed E-state index contributed by atoms with van der Waals surface area (Å²) in [6, 6.07) is 8.57. The second-order valence-electron chi connectivity index (χ2n) is 3.66. The van der Waals surface area contributed by atoms with Gasteiger partial charge in [-0.05, 0) is 24.1 Å². The molecule has 0 radical (unpaired) electrons. The molecule has 4 heteroatoms. The molecule has 1 heterocycles. The van der Waals surface area contributed by atoms with Gasteiger partial charge in [-0.25, -0.2) is 4.39 Å². The zero-order valence-electron chi connectivity index (χ0n) is 8.91. The van der Waals surface area contributed by atoms with Crippen LogP contribution in [0.3, 0.4) is 0 Å². The van der Waals surface area contributed by atoms with Crippen LogP contribution in [0.4, 0.5) is 4.39 Å². The third-order valence-corrected chi connectivity index (χ3v) is 3.66. The van der Waals surface area contributed by atoms with Gasteiger partial charge in [-0.2, -0.15) is 0 Å². The van der Waals surface area contributed by atoms with E-state index in [1.54, 1.807) is 24.5 Å². The van der Waals surface area contributed by atoms with E-state index in [-0.39, 0.29) is 10.6 Å². The number of benzene rings is 1. The van der Waals surface area contributed by atoms with Crippen LogP contribution in [-0.2, 0) is 6.42 Å². The summed E-state index contributed by atoms with van der Waals surface area (Å²) in [5, 5.41) is 0.605. The van der Waals surface area contributed by atoms with Crippen LogP contribution in [0, 0.1) is 5.82 Å². The van der Waals surface area contributed by atoms with Gasteiger partial charge < -0.3 is 0 Å². The molecule has 1 unspecified atom stereocenters. The molecule has 0 aliphatic carbocycles. The summed E-state index contributed by atoms with van der Waals surface area (Å²) >= 11 is 9.51. The minimum atomic E-state index is -0.209. The zero-order chi connectivity index (χ0) is 12.3. The normalized spacial score (nSPS) is 12.4. The number of hydrogen-bond acceptors (Lipinski definition) is 1. The van der Waals surface area contributed by atoms with Crippen LogP contribution in [0.25, 0.3) is 0 Å². The first-order chi connectivity index (χ1) is 8.18. The van der Waals surface area contributed by atoms with E-state index in [1.807, 2.05) is 12.1 Å². The van der Waals surface area contributed by atoms with E-state index in [4.69, 9.17) is 11.6 Å². The van der Waals surface area contributed by atoms with Crippen molar-refractivity contribution in [3.05, 3.63) is 64.7 Å². The monoisotopic (exact) mass is 313 g/mol. The van der Waals surface area contributed by atoms with Crippen molar-refractivity contribution in [2.24, 2.45) is 0 Å². The Hall–Kier alpha value is -0.930. The minimum absolute atomic E-state index is 0.0939. The Bertz CT molecular complexity index is 518. The van der Waals surface area contributed by atoms with Gasteiger partial charge in [0.1, 0.15) is 5.82 Å². The molecule has 2 rings (SSSR count). The Kier molecular flexibility index (Phi) is 4.13. The molecule has 0 aliphatic rings.